The molecule has 2 N–H and O–H groups in total. The molecule has 1 aromatic rings. The summed E-state index contributed by atoms with van der Waals surface area (Å²) in [4.78, 5) is 23.8. The Morgan fingerprint density at radius 3 is 2.60 bits per heavy atom. The highest BCUT2D eigenvalue weighted by molar-refractivity contribution is 6.31. The van der Waals surface area contributed by atoms with Crippen LogP contribution in [-0.2, 0) is 0 Å². The highest BCUT2D eigenvalue weighted by atomic mass is 35.5. The Bertz CT molecular complexity index is 687. The second-order valence-electron chi connectivity index (χ2n) is 7.60. The number of benzene rings is 1. The van der Waals surface area contributed by atoms with Gasteiger partial charge in [0.05, 0.1) is 9.95 Å². The number of hydrogen-bond acceptors (Lipinski definition) is 4. The van der Waals surface area contributed by atoms with Crippen molar-refractivity contribution in [1.29, 1.82) is 0 Å². The summed E-state index contributed by atoms with van der Waals surface area (Å²) in [6.45, 7) is 8.21. The number of nitro benzene ring substituents is 1. The van der Waals surface area contributed by atoms with Crippen LogP contribution in [0.5, 0.6) is 0 Å². The van der Waals surface area contributed by atoms with E-state index < -0.39 is 11.0 Å². The minimum Gasteiger partial charge on any atom is -0.465 e. The smallest absolute Gasteiger partial charge is 0.407 e. The summed E-state index contributed by atoms with van der Waals surface area (Å²) in [5.74, 6) is 0. The summed E-state index contributed by atoms with van der Waals surface area (Å²) in [7, 11) is 0. The molecule has 2 unspecified atom stereocenters. The van der Waals surface area contributed by atoms with E-state index in [1.54, 1.807) is 13.0 Å². The third kappa shape index (κ3) is 4.34. The Kier molecular flexibility index (Phi) is 5.46. The topological polar surface area (TPSA) is 95.7 Å². The fourth-order valence-electron chi connectivity index (χ4n) is 3.30. The normalized spacial score (nSPS) is 21.1. The molecule has 0 spiro atoms. The molecule has 138 valence electrons. The Morgan fingerprint density at radius 2 is 2.08 bits per heavy atom. The van der Waals surface area contributed by atoms with Gasteiger partial charge in [0, 0.05) is 24.7 Å². The van der Waals surface area contributed by atoms with Crippen LogP contribution in [0.2, 0.25) is 5.02 Å². The lowest BCUT2D eigenvalue weighted by Crippen LogP contribution is -2.54. The molecule has 0 radical (unpaired) electrons. The number of anilines is 1. The summed E-state index contributed by atoms with van der Waals surface area (Å²) in [6, 6.07) is 2.82. The van der Waals surface area contributed by atoms with Crippen molar-refractivity contribution in [2.24, 2.45) is 5.41 Å². The molecular formula is C17H24ClN3O4. The lowest BCUT2D eigenvalue weighted by Gasteiger charge is -2.44. The third-order valence-corrected chi connectivity index (χ3v) is 5.09. The van der Waals surface area contributed by atoms with Gasteiger partial charge in [-0.15, -0.1) is 0 Å². The van der Waals surface area contributed by atoms with Gasteiger partial charge in [-0.2, -0.15) is 0 Å². The summed E-state index contributed by atoms with van der Waals surface area (Å²) in [6.07, 6.45) is 0.262. The van der Waals surface area contributed by atoms with E-state index in [1.807, 2.05) is 20.8 Å². The number of halogens is 1. The summed E-state index contributed by atoms with van der Waals surface area (Å²) >= 11 is 6.01. The minimum absolute atomic E-state index is 0.0425. The number of rotatable bonds is 3. The number of nitrogens with zero attached hydrogens (tertiary/aromatic N) is 2. The number of piperidine rings is 1. The monoisotopic (exact) mass is 369 g/mol. The summed E-state index contributed by atoms with van der Waals surface area (Å²) < 4.78 is 0. The van der Waals surface area contributed by atoms with Crippen molar-refractivity contribution in [2.45, 2.75) is 52.6 Å². The first-order valence-electron chi connectivity index (χ1n) is 8.21. The molecule has 0 aromatic heterocycles. The maximum absolute atomic E-state index is 11.5. The quantitative estimate of drug-likeness (QED) is 0.603. The van der Waals surface area contributed by atoms with Crippen molar-refractivity contribution >= 4 is 29.1 Å². The van der Waals surface area contributed by atoms with Crippen molar-refractivity contribution in [3.05, 3.63) is 32.8 Å². The van der Waals surface area contributed by atoms with Gasteiger partial charge in [0.15, 0.2) is 0 Å². The van der Waals surface area contributed by atoms with Crippen molar-refractivity contribution in [1.82, 2.24) is 4.90 Å². The molecular weight excluding hydrogens is 346 g/mol. The second-order valence-corrected chi connectivity index (χ2v) is 8.01. The predicted octanol–water partition coefficient (Wildman–Crippen LogP) is 4.53. The van der Waals surface area contributed by atoms with E-state index in [-0.39, 0.29) is 23.2 Å². The van der Waals surface area contributed by atoms with Crippen LogP contribution in [0.3, 0.4) is 0 Å². The van der Waals surface area contributed by atoms with Crippen LogP contribution in [-0.4, -0.2) is 39.7 Å². The van der Waals surface area contributed by atoms with Gasteiger partial charge in [-0.1, -0.05) is 32.4 Å². The standard InChI is InChI=1S/C17H24ClN3O4/c1-10-7-13(14(21(24)25)9-12(10)18)19-11-5-6-20(16(22)23)15(8-11)17(2,3)4/h7,9,11,15,19H,5-6,8H2,1-4H3,(H,22,23). The summed E-state index contributed by atoms with van der Waals surface area (Å²) in [5, 5.41) is 24.3. The number of likely N-dealkylation sites (tertiary alicyclic amines) is 1. The van der Waals surface area contributed by atoms with E-state index in [0.717, 1.165) is 5.56 Å². The van der Waals surface area contributed by atoms with Crippen molar-refractivity contribution in [3.8, 4) is 0 Å². The molecule has 1 amide bonds. The van der Waals surface area contributed by atoms with E-state index in [9.17, 15) is 20.0 Å². The zero-order valence-electron chi connectivity index (χ0n) is 14.9. The molecule has 1 aromatic carbocycles. The first-order chi connectivity index (χ1) is 11.5. The number of amides is 1. The maximum Gasteiger partial charge on any atom is 0.407 e. The molecule has 1 fully saturated rings. The average Bonchev–Trinajstić information content (AvgIpc) is 2.49. The SMILES string of the molecule is Cc1cc(NC2CCN(C(=O)O)C(C(C)(C)C)C2)c([N+](=O)[O-])cc1Cl. The number of carbonyl (C=O) groups is 1. The van der Waals surface area contributed by atoms with Gasteiger partial charge in [-0.25, -0.2) is 4.79 Å². The maximum atomic E-state index is 11.5. The van der Waals surface area contributed by atoms with Crippen LogP contribution >= 0.6 is 11.6 Å². The highest BCUT2D eigenvalue weighted by Gasteiger charge is 2.39. The van der Waals surface area contributed by atoms with Gasteiger partial charge in [0.2, 0.25) is 0 Å². The van der Waals surface area contributed by atoms with Crippen LogP contribution < -0.4 is 5.32 Å². The molecule has 0 aliphatic carbocycles. The average molecular weight is 370 g/mol. The number of nitro groups is 1. The molecule has 1 heterocycles. The lowest BCUT2D eigenvalue weighted by atomic mass is 9.79. The second kappa shape index (κ2) is 7.07. The van der Waals surface area contributed by atoms with Gasteiger partial charge < -0.3 is 15.3 Å². The molecule has 1 aliphatic rings. The minimum atomic E-state index is -0.924. The molecule has 2 rings (SSSR count). The Balaban J connectivity index is 2.26. The van der Waals surface area contributed by atoms with Gasteiger partial charge in [0.25, 0.3) is 5.69 Å². The van der Waals surface area contributed by atoms with Gasteiger partial charge in [0.1, 0.15) is 5.69 Å². The van der Waals surface area contributed by atoms with Crippen LogP contribution in [0.1, 0.15) is 39.2 Å². The van der Waals surface area contributed by atoms with E-state index in [2.05, 4.69) is 5.32 Å². The van der Waals surface area contributed by atoms with Crippen molar-refractivity contribution < 1.29 is 14.8 Å². The zero-order valence-corrected chi connectivity index (χ0v) is 15.6. The molecule has 7 nitrogen and oxygen atoms in total. The molecule has 0 saturated carbocycles. The largest absolute Gasteiger partial charge is 0.465 e. The first-order valence-corrected chi connectivity index (χ1v) is 8.59. The zero-order chi connectivity index (χ0) is 18.9. The fraction of sp³-hybridized carbons (Fsp3) is 0.588. The Hall–Kier alpha value is -2.02. The Labute approximate surface area is 152 Å². The summed E-state index contributed by atoms with van der Waals surface area (Å²) in [5.41, 5.74) is 0.891. The first kappa shape index (κ1) is 19.3. The number of aryl methyl sites for hydroxylation is 1. The van der Waals surface area contributed by atoms with Gasteiger partial charge in [-0.05, 0) is 36.8 Å². The van der Waals surface area contributed by atoms with Crippen LogP contribution in [0.25, 0.3) is 0 Å². The van der Waals surface area contributed by atoms with E-state index >= 15 is 0 Å². The number of hydrogen-bond donors (Lipinski definition) is 2. The molecule has 2 atom stereocenters. The fourth-order valence-corrected chi connectivity index (χ4v) is 3.46. The van der Waals surface area contributed by atoms with Gasteiger partial charge in [-0.3, -0.25) is 10.1 Å². The molecule has 25 heavy (non-hydrogen) atoms. The molecule has 1 aliphatic heterocycles. The lowest BCUT2D eigenvalue weighted by molar-refractivity contribution is -0.384. The van der Waals surface area contributed by atoms with Gasteiger partial charge >= 0.3 is 6.09 Å². The Morgan fingerprint density at radius 1 is 1.44 bits per heavy atom. The predicted molar refractivity (Wildman–Crippen MR) is 97.5 cm³/mol. The third-order valence-electron chi connectivity index (χ3n) is 4.68. The highest BCUT2D eigenvalue weighted by Crippen LogP contribution is 2.36. The van der Waals surface area contributed by atoms with E-state index in [0.29, 0.717) is 30.1 Å². The van der Waals surface area contributed by atoms with Crippen LogP contribution in [0.15, 0.2) is 12.1 Å². The number of carboxylic acid groups (broad SMARTS) is 1. The number of nitrogens with one attached hydrogen (secondary N) is 1. The van der Waals surface area contributed by atoms with Crippen LogP contribution in [0, 0.1) is 22.5 Å². The van der Waals surface area contributed by atoms with Crippen molar-refractivity contribution in [3.63, 3.8) is 0 Å². The van der Waals surface area contributed by atoms with Crippen molar-refractivity contribution in [2.75, 3.05) is 11.9 Å². The van der Waals surface area contributed by atoms with E-state index in [4.69, 9.17) is 11.6 Å². The van der Waals surface area contributed by atoms with Crippen LogP contribution in [0.4, 0.5) is 16.2 Å². The van der Waals surface area contributed by atoms with E-state index in [1.165, 1.54) is 11.0 Å². The molecule has 0 bridgehead atoms. The molecule has 1 saturated heterocycles. The molecule has 8 heteroatoms.